The Hall–Kier alpha value is -1.64. The number of carbonyl (C=O) groups excluding carboxylic acids is 1. The third kappa shape index (κ3) is 2.77. The summed E-state index contributed by atoms with van der Waals surface area (Å²) in [5.41, 5.74) is 5.85. The van der Waals surface area contributed by atoms with Gasteiger partial charge in [-0.3, -0.25) is 0 Å². The normalized spacial score (nSPS) is 16.9. The van der Waals surface area contributed by atoms with Gasteiger partial charge in [-0.2, -0.15) is 4.31 Å². The van der Waals surface area contributed by atoms with E-state index in [9.17, 15) is 13.2 Å². The highest BCUT2D eigenvalue weighted by Gasteiger charge is 2.30. The van der Waals surface area contributed by atoms with Crippen molar-refractivity contribution in [2.75, 3.05) is 39.1 Å². The number of nitrogen functional groups attached to an aromatic ring is 1. The van der Waals surface area contributed by atoms with Gasteiger partial charge in [0, 0.05) is 18.8 Å². The van der Waals surface area contributed by atoms with Gasteiger partial charge in [-0.1, -0.05) is 0 Å². The molecule has 0 aliphatic carbocycles. The predicted molar refractivity (Wildman–Crippen MR) is 71.8 cm³/mol. The van der Waals surface area contributed by atoms with E-state index in [0.717, 1.165) is 0 Å². The van der Waals surface area contributed by atoms with E-state index in [-0.39, 0.29) is 23.5 Å². The number of carbonyl (C=O) groups is 1. The number of anilines is 1. The van der Waals surface area contributed by atoms with Crippen molar-refractivity contribution in [1.29, 1.82) is 0 Å². The van der Waals surface area contributed by atoms with Crippen molar-refractivity contribution < 1.29 is 22.7 Å². The van der Waals surface area contributed by atoms with Crippen LogP contribution in [0.3, 0.4) is 0 Å². The van der Waals surface area contributed by atoms with Crippen LogP contribution in [0.2, 0.25) is 0 Å². The molecule has 1 aromatic rings. The van der Waals surface area contributed by atoms with Crippen molar-refractivity contribution in [3.05, 3.63) is 23.8 Å². The molecular weight excluding hydrogens is 284 g/mol. The third-order valence-corrected chi connectivity index (χ3v) is 4.95. The summed E-state index contributed by atoms with van der Waals surface area (Å²) < 4.78 is 36.2. The molecule has 0 atom stereocenters. The average molecular weight is 300 g/mol. The highest BCUT2D eigenvalue weighted by atomic mass is 32.2. The molecular formula is C12H16N2O5S. The SMILES string of the molecule is COC(=O)c1cc(N)ccc1S(=O)(=O)N1CCOCC1. The van der Waals surface area contributed by atoms with E-state index in [1.165, 1.54) is 29.6 Å². The zero-order valence-corrected chi connectivity index (χ0v) is 11.9. The molecule has 7 nitrogen and oxygen atoms in total. The van der Waals surface area contributed by atoms with Crippen LogP contribution in [0.25, 0.3) is 0 Å². The molecule has 1 fully saturated rings. The minimum Gasteiger partial charge on any atom is -0.465 e. The van der Waals surface area contributed by atoms with Crippen molar-refractivity contribution in [2.45, 2.75) is 4.90 Å². The van der Waals surface area contributed by atoms with Crippen LogP contribution in [-0.4, -0.2) is 52.1 Å². The summed E-state index contributed by atoms with van der Waals surface area (Å²) in [6, 6.07) is 4.07. The fourth-order valence-corrected chi connectivity index (χ4v) is 3.54. The lowest BCUT2D eigenvalue weighted by molar-refractivity contribution is 0.0595. The zero-order valence-electron chi connectivity index (χ0n) is 11.0. The third-order valence-electron chi connectivity index (χ3n) is 3.00. The van der Waals surface area contributed by atoms with Crippen molar-refractivity contribution >= 4 is 21.7 Å². The summed E-state index contributed by atoms with van der Waals surface area (Å²) in [5, 5.41) is 0. The largest absolute Gasteiger partial charge is 0.465 e. The van der Waals surface area contributed by atoms with Gasteiger partial charge in [0.05, 0.1) is 30.8 Å². The molecule has 0 amide bonds. The Labute approximate surface area is 117 Å². The Morgan fingerprint density at radius 2 is 2.00 bits per heavy atom. The van der Waals surface area contributed by atoms with Crippen LogP contribution >= 0.6 is 0 Å². The second kappa shape index (κ2) is 5.78. The Bertz CT molecular complexity index is 608. The van der Waals surface area contributed by atoms with Crippen LogP contribution in [-0.2, 0) is 19.5 Å². The molecule has 0 aromatic heterocycles. The summed E-state index contributed by atoms with van der Waals surface area (Å²) in [6.45, 7) is 1.18. The number of nitrogens with zero attached hydrogens (tertiary/aromatic N) is 1. The fraction of sp³-hybridized carbons (Fsp3) is 0.417. The second-order valence-corrected chi connectivity index (χ2v) is 6.17. The maximum absolute atomic E-state index is 12.6. The number of methoxy groups -OCH3 is 1. The molecule has 0 unspecified atom stereocenters. The Kier molecular flexibility index (Phi) is 4.26. The van der Waals surface area contributed by atoms with E-state index in [1.54, 1.807) is 0 Å². The summed E-state index contributed by atoms with van der Waals surface area (Å²) in [7, 11) is -2.58. The first-order valence-corrected chi connectivity index (χ1v) is 7.46. The van der Waals surface area contributed by atoms with Gasteiger partial charge in [0.2, 0.25) is 10.0 Å². The number of nitrogens with two attached hydrogens (primary N) is 1. The van der Waals surface area contributed by atoms with Crippen LogP contribution in [0, 0.1) is 0 Å². The second-order valence-electron chi connectivity index (χ2n) is 4.26. The van der Waals surface area contributed by atoms with Gasteiger partial charge in [-0.15, -0.1) is 0 Å². The van der Waals surface area contributed by atoms with E-state index < -0.39 is 16.0 Å². The van der Waals surface area contributed by atoms with E-state index >= 15 is 0 Å². The van der Waals surface area contributed by atoms with Gasteiger partial charge < -0.3 is 15.2 Å². The lowest BCUT2D eigenvalue weighted by Crippen LogP contribution is -2.41. The van der Waals surface area contributed by atoms with E-state index in [1.807, 2.05) is 0 Å². The number of sulfonamides is 1. The fourth-order valence-electron chi connectivity index (χ4n) is 1.97. The molecule has 2 N–H and O–H groups in total. The number of rotatable bonds is 3. The Morgan fingerprint density at radius 3 is 2.60 bits per heavy atom. The van der Waals surface area contributed by atoms with E-state index in [4.69, 9.17) is 10.5 Å². The number of morpholine rings is 1. The van der Waals surface area contributed by atoms with Gasteiger partial charge in [0.25, 0.3) is 0 Å². The maximum Gasteiger partial charge on any atom is 0.339 e. The molecule has 8 heteroatoms. The predicted octanol–water partition coefficient (Wildman–Crippen LogP) is 0.0763. The Balaban J connectivity index is 2.48. The highest BCUT2D eigenvalue weighted by molar-refractivity contribution is 7.89. The van der Waals surface area contributed by atoms with Crippen LogP contribution in [0.1, 0.15) is 10.4 Å². The summed E-state index contributed by atoms with van der Waals surface area (Å²) >= 11 is 0. The van der Waals surface area contributed by atoms with Crippen molar-refractivity contribution in [3.8, 4) is 0 Å². The van der Waals surface area contributed by atoms with Crippen LogP contribution in [0.15, 0.2) is 23.1 Å². The molecule has 1 aromatic carbocycles. The van der Waals surface area contributed by atoms with Gasteiger partial charge in [-0.05, 0) is 18.2 Å². The molecule has 0 radical (unpaired) electrons. The minimum absolute atomic E-state index is 0.0565. The van der Waals surface area contributed by atoms with Gasteiger partial charge >= 0.3 is 5.97 Å². The molecule has 1 heterocycles. The molecule has 0 saturated carbocycles. The van der Waals surface area contributed by atoms with E-state index in [0.29, 0.717) is 18.9 Å². The maximum atomic E-state index is 12.6. The first-order chi connectivity index (χ1) is 9.46. The van der Waals surface area contributed by atoms with E-state index in [2.05, 4.69) is 4.74 Å². The molecule has 20 heavy (non-hydrogen) atoms. The average Bonchev–Trinajstić information content (AvgIpc) is 2.47. The van der Waals surface area contributed by atoms with Crippen molar-refractivity contribution in [3.63, 3.8) is 0 Å². The lowest BCUT2D eigenvalue weighted by Gasteiger charge is -2.26. The molecule has 110 valence electrons. The molecule has 1 saturated heterocycles. The number of hydrogen-bond acceptors (Lipinski definition) is 6. The monoisotopic (exact) mass is 300 g/mol. The summed E-state index contributed by atoms with van der Waals surface area (Å²) in [4.78, 5) is 11.6. The molecule has 1 aliphatic heterocycles. The number of ether oxygens (including phenoxy) is 2. The van der Waals surface area contributed by atoms with Crippen molar-refractivity contribution in [1.82, 2.24) is 4.31 Å². The zero-order chi connectivity index (χ0) is 14.8. The topological polar surface area (TPSA) is 98.9 Å². The first kappa shape index (κ1) is 14.8. The summed E-state index contributed by atoms with van der Waals surface area (Å²) in [5.74, 6) is -0.732. The summed E-state index contributed by atoms with van der Waals surface area (Å²) in [6.07, 6.45) is 0. The molecule has 2 rings (SSSR count). The quantitative estimate of drug-likeness (QED) is 0.627. The highest BCUT2D eigenvalue weighted by Crippen LogP contribution is 2.24. The number of hydrogen-bond donors (Lipinski definition) is 1. The lowest BCUT2D eigenvalue weighted by atomic mass is 10.2. The van der Waals surface area contributed by atoms with Crippen LogP contribution in [0.4, 0.5) is 5.69 Å². The standard InChI is InChI=1S/C12H16N2O5S/c1-18-12(15)10-8-9(13)2-3-11(10)20(16,17)14-4-6-19-7-5-14/h2-3,8H,4-7,13H2,1H3. The molecule has 0 bridgehead atoms. The number of esters is 1. The Morgan fingerprint density at radius 1 is 1.35 bits per heavy atom. The van der Waals surface area contributed by atoms with Gasteiger partial charge in [0.15, 0.2) is 0 Å². The van der Waals surface area contributed by atoms with Gasteiger partial charge in [-0.25, -0.2) is 13.2 Å². The first-order valence-electron chi connectivity index (χ1n) is 6.02. The van der Waals surface area contributed by atoms with Crippen molar-refractivity contribution in [2.24, 2.45) is 0 Å². The van der Waals surface area contributed by atoms with Crippen LogP contribution in [0.5, 0.6) is 0 Å². The van der Waals surface area contributed by atoms with Gasteiger partial charge in [0.1, 0.15) is 0 Å². The van der Waals surface area contributed by atoms with Crippen LogP contribution < -0.4 is 5.73 Å². The molecule has 1 aliphatic rings. The minimum atomic E-state index is -3.77. The number of benzene rings is 1. The molecule has 0 spiro atoms. The smallest absolute Gasteiger partial charge is 0.339 e.